The quantitative estimate of drug-likeness (QED) is 0.655. The molecule has 0 aliphatic carbocycles. The van der Waals surface area contributed by atoms with E-state index in [0.29, 0.717) is 0 Å². The molecule has 2 heteroatoms. The van der Waals surface area contributed by atoms with Crippen molar-refractivity contribution in [3.63, 3.8) is 0 Å². The van der Waals surface area contributed by atoms with Gasteiger partial charge >= 0.3 is 0 Å². The second kappa shape index (κ2) is 6.40. The second-order valence-corrected chi connectivity index (χ2v) is 2.64. The Morgan fingerprint density at radius 2 is 1.92 bits per heavy atom. The van der Waals surface area contributed by atoms with Crippen molar-refractivity contribution < 1.29 is 65.4 Å². The molecule has 2 radical (unpaired) electrons. The number of rotatable bonds is 0. The summed E-state index contributed by atoms with van der Waals surface area (Å²) in [6.07, 6.45) is 0. The van der Waals surface area contributed by atoms with Crippen LogP contribution in [-0.4, -0.2) is 0 Å². The van der Waals surface area contributed by atoms with Crippen LogP contribution in [0.5, 0.6) is 0 Å². The maximum Gasteiger partial charge on any atom is 0 e. The van der Waals surface area contributed by atoms with Crippen LogP contribution in [0.25, 0.3) is 10.8 Å². The summed E-state index contributed by atoms with van der Waals surface area (Å²) in [5.74, 6) is 0. The van der Waals surface area contributed by atoms with Gasteiger partial charge in [-0.2, -0.15) is 23.8 Å². The molecule has 2 rings (SSSR count). The van der Waals surface area contributed by atoms with Crippen LogP contribution in [0, 0.1) is 19.1 Å². The van der Waals surface area contributed by atoms with E-state index in [1.54, 1.807) is 0 Å². The zero-order valence-electron chi connectivity index (χ0n) is 7.54. The van der Waals surface area contributed by atoms with Crippen LogP contribution in [0.3, 0.4) is 0 Å². The van der Waals surface area contributed by atoms with Crippen LogP contribution < -0.4 is 0 Å². The monoisotopic (exact) mass is 318 g/mol. The minimum absolute atomic E-state index is 0. The molecule has 0 aliphatic heterocycles. The minimum atomic E-state index is 0. The summed E-state index contributed by atoms with van der Waals surface area (Å²) in [6.45, 7) is 2.09. The van der Waals surface area contributed by atoms with Crippen molar-refractivity contribution in [2.24, 2.45) is 0 Å². The summed E-state index contributed by atoms with van der Waals surface area (Å²) in [5, 5.41) is 2.42. The average molecular weight is 318 g/mol. The van der Waals surface area contributed by atoms with Crippen LogP contribution >= 0.6 is 0 Å². The van der Waals surface area contributed by atoms with Crippen molar-refractivity contribution in [1.29, 1.82) is 0 Å². The molecule has 0 aliphatic rings. The molecule has 0 atom stereocenters. The number of benzene rings is 2. The van der Waals surface area contributed by atoms with Gasteiger partial charge in [-0.25, -0.2) is 17.5 Å². The van der Waals surface area contributed by atoms with Crippen LogP contribution in [0.2, 0.25) is 0 Å². The molecular formula is C11H8Y2-2. The molecule has 0 saturated heterocycles. The van der Waals surface area contributed by atoms with E-state index in [1.807, 2.05) is 24.3 Å². The summed E-state index contributed by atoms with van der Waals surface area (Å²) in [4.78, 5) is 0. The first-order chi connectivity index (χ1) is 5.38. The van der Waals surface area contributed by atoms with Gasteiger partial charge in [0.1, 0.15) is 0 Å². The van der Waals surface area contributed by atoms with E-state index in [-0.39, 0.29) is 65.4 Å². The Morgan fingerprint density at radius 1 is 1.15 bits per heavy atom. The molecular weight excluding hydrogens is 310 g/mol. The van der Waals surface area contributed by atoms with E-state index in [2.05, 4.69) is 25.1 Å². The standard InChI is InChI=1S/C11H8.2Y/c1-9-5-4-7-10-6-2-3-8-11(9)10;;/h2-3,5,7-8H,1H3;;/q-2;;. The first-order valence-corrected chi connectivity index (χ1v) is 3.65. The molecule has 0 bridgehead atoms. The Kier molecular flexibility index (Phi) is 6.85. The Bertz CT molecular complexity index is 377. The Morgan fingerprint density at radius 3 is 2.62 bits per heavy atom. The molecule has 0 nitrogen and oxygen atoms in total. The third kappa shape index (κ3) is 3.20. The van der Waals surface area contributed by atoms with Crippen molar-refractivity contribution in [2.75, 3.05) is 0 Å². The molecule has 0 fully saturated rings. The molecule has 0 heterocycles. The summed E-state index contributed by atoms with van der Waals surface area (Å²) >= 11 is 0. The zero-order valence-corrected chi connectivity index (χ0v) is 13.2. The largest absolute Gasteiger partial charge is 0.255 e. The van der Waals surface area contributed by atoms with Gasteiger partial charge < -0.3 is 0 Å². The average Bonchev–Trinajstić information content (AvgIpc) is 2.06. The van der Waals surface area contributed by atoms with Crippen LogP contribution in [0.1, 0.15) is 5.56 Å². The zero-order chi connectivity index (χ0) is 7.68. The first-order valence-electron chi connectivity index (χ1n) is 3.65. The Hall–Kier alpha value is 0.908. The molecule has 60 valence electrons. The van der Waals surface area contributed by atoms with E-state index in [4.69, 9.17) is 0 Å². The fraction of sp³-hybridized carbons (Fsp3) is 0.0909. The van der Waals surface area contributed by atoms with Gasteiger partial charge in [0.2, 0.25) is 0 Å². The third-order valence-electron chi connectivity index (χ3n) is 1.84. The van der Waals surface area contributed by atoms with E-state index in [9.17, 15) is 0 Å². The van der Waals surface area contributed by atoms with Crippen LogP contribution in [0.15, 0.2) is 30.3 Å². The van der Waals surface area contributed by atoms with E-state index >= 15 is 0 Å². The van der Waals surface area contributed by atoms with Gasteiger partial charge in [-0.15, -0.1) is 6.07 Å². The molecule has 2 aromatic carbocycles. The molecule has 0 amide bonds. The van der Waals surface area contributed by atoms with E-state index in [1.165, 1.54) is 10.9 Å². The Balaban J connectivity index is 0.000000720. The number of fused-ring (bicyclic) bond motifs is 1. The van der Waals surface area contributed by atoms with Gasteiger partial charge in [0.25, 0.3) is 0 Å². The summed E-state index contributed by atoms with van der Waals surface area (Å²) in [7, 11) is 0. The molecule has 0 unspecified atom stereocenters. The van der Waals surface area contributed by atoms with E-state index < -0.39 is 0 Å². The maximum absolute atomic E-state index is 3.16. The maximum atomic E-state index is 3.16. The fourth-order valence-corrected chi connectivity index (χ4v) is 1.24. The predicted octanol–water partition coefficient (Wildman–Crippen LogP) is 2.74. The van der Waals surface area contributed by atoms with Crippen molar-refractivity contribution in [1.82, 2.24) is 0 Å². The van der Waals surface area contributed by atoms with Crippen molar-refractivity contribution >= 4 is 10.8 Å². The van der Waals surface area contributed by atoms with Crippen LogP contribution in [-0.2, 0) is 65.4 Å². The molecule has 0 aromatic heterocycles. The molecule has 2 aromatic rings. The van der Waals surface area contributed by atoms with Crippen molar-refractivity contribution in [2.45, 2.75) is 6.92 Å². The van der Waals surface area contributed by atoms with Crippen molar-refractivity contribution in [3.05, 3.63) is 48.0 Å². The second-order valence-electron chi connectivity index (χ2n) is 2.64. The first kappa shape index (κ1) is 13.9. The van der Waals surface area contributed by atoms with Crippen molar-refractivity contribution in [3.8, 4) is 0 Å². The number of aryl methyl sites for hydroxylation is 1. The third-order valence-corrected chi connectivity index (χ3v) is 1.84. The normalized spacial score (nSPS) is 8.69. The predicted molar refractivity (Wildman–Crippen MR) is 46.4 cm³/mol. The van der Waals surface area contributed by atoms with E-state index in [0.717, 1.165) is 5.39 Å². The summed E-state index contributed by atoms with van der Waals surface area (Å²) < 4.78 is 0. The topological polar surface area (TPSA) is 0 Å². The molecule has 0 saturated carbocycles. The fourth-order valence-electron chi connectivity index (χ4n) is 1.24. The summed E-state index contributed by atoms with van der Waals surface area (Å²) in [5.41, 5.74) is 1.26. The number of hydrogen-bond acceptors (Lipinski definition) is 0. The smallest absolute Gasteiger partial charge is 0 e. The molecule has 0 spiro atoms. The van der Waals surface area contributed by atoms with Gasteiger partial charge in [0, 0.05) is 65.4 Å². The van der Waals surface area contributed by atoms with Gasteiger partial charge in [-0.1, -0.05) is 6.92 Å². The van der Waals surface area contributed by atoms with Gasteiger partial charge in [0.05, 0.1) is 0 Å². The summed E-state index contributed by atoms with van der Waals surface area (Å²) in [6, 6.07) is 16.2. The minimum Gasteiger partial charge on any atom is -0.255 e. The molecule has 0 N–H and O–H groups in total. The van der Waals surface area contributed by atoms with Gasteiger partial charge in [0.15, 0.2) is 0 Å². The molecule has 13 heavy (non-hydrogen) atoms. The van der Waals surface area contributed by atoms with Gasteiger partial charge in [-0.05, 0) is 0 Å². The number of hydrogen-bond donors (Lipinski definition) is 0. The van der Waals surface area contributed by atoms with Gasteiger partial charge in [-0.3, -0.25) is 11.5 Å². The SMILES string of the molecule is Cc1c[c-]cc2[c-]cccc12.[Y].[Y]. The van der Waals surface area contributed by atoms with Crippen LogP contribution in [0.4, 0.5) is 0 Å². The Labute approximate surface area is 129 Å².